The third-order valence-electron chi connectivity index (χ3n) is 4.39. The van der Waals surface area contributed by atoms with Crippen LogP contribution in [-0.2, 0) is 0 Å². The molecule has 1 aliphatic rings. The van der Waals surface area contributed by atoms with Gasteiger partial charge in [-0.2, -0.15) is 0 Å². The van der Waals surface area contributed by atoms with Crippen molar-refractivity contribution in [3.05, 3.63) is 0 Å². The van der Waals surface area contributed by atoms with Crippen LogP contribution in [0.1, 0.15) is 60.3 Å². The smallest absolute Gasteiger partial charge is 0.0269 e. The van der Waals surface area contributed by atoms with Crippen molar-refractivity contribution in [3.63, 3.8) is 0 Å². The van der Waals surface area contributed by atoms with Crippen LogP contribution in [0.4, 0.5) is 0 Å². The van der Waals surface area contributed by atoms with Gasteiger partial charge in [0.25, 0.3) is 0 Å². The molecule has 0 spiro atoms. The average molecular weight is 254 g/mol. The Morgan fingerprint density at radius 3 is 2.56 bits per heavy atom. The van der Waals surface area contributed by atoms with Crippen molar-refractivity contribution in [1.29, 1.82) is 0 Å². The van der Waals surface area contributed by atoms with E-state index in [0.717, 1.165) is 19.0 Å². The standard InChI is InChI=1S/C16H34N2/c1-6-8-9-14(7-2)13-18-11-10-17-12-15(18)16(3,4)5/h14-15,17H,6-13H2,1-5H3. The third kappa shape index (κ3) is 4.89. The maximum atomic E-state index is 3.56. The molecule has 0 aliphatic carbocycles. The predicted octanol–water partition coefficient (Wildman–Crippen LogP) is 3.52. The van der Waals surface area contributed by atoms with Crippen molar-refractivity contribution in [2.75, 3.05) is 26.2 Å². The Morgan fingerprint density at radius 2 is 2.00 bits per heavy atom. The summed E-state index contributed by atoms with van der Waals surface area (Å²) in [4.78, 5) is 2.75. The largest absolute Gasteiger partial charge is 0.314 e. The molecule has 0 radical (unpaired) electrons. The molecule has 1 aliphatic heterocycles. The second-order valence-corrected chi connectivity index (χ2v) is 7.00. The molecule has 2 heteroatoms. The molecule has 2 atom stereocenters. The van der Waals surface area contributed by atoms with Crippen molar-refractivity contribution in [1.82, 2.24) is 10.2 Å². The maximum absolute atomic E-state index is 3.56. The highest BCUT2D eigenvalue weighted by Gasteiger charge is 2.32. The molecule has 1 rings (SSSR count). The first-order valence-electron chi connectivity index (χ1n) is 7.93. The molecule has 1 fully saturated rings. The lowest BCUT2D eigenvalue weighted by atomic mass is 9.83. The van der Waals surface area contributed by atoms with Crippen LogP contribution in [0, 0.1) is 11.3 Å². The van der Waals surface area contributed by atoms with Crippen LogP contribution in [0.2, 0.25) is 0 Å². The quantitative estimate of drug-likeness (QED) is 0.780. The zero-order chi connectivity index (χ0) is 13.6. The minimum Gasteiger partial charge on any atom is -0.314 e. The molecule has 2 unspecified atom stereocenters. The van der Waals surface area contributed by atoms with Crippen molar-refractivity contribution < 1.29 is 0 Å². The number of piperazine rings is 1. The fourth-order valence-corrected chi connectivity index (χ4v) is 3.07. The number of hydrogen-bond donors (Lipinski definition) is 1. The van der Waals surface area contributed by atoms with E-state index in [1.165, 1.54) is 38.8 Å². The van der Waals surface area contributed by atoms with Gasteiger partial charge in [0.1, 0.15) is 0 Å². The molecular formula is C16H34N2. The molecule has 0 bridgehead atoms. The highest BCUT2D eigenvalue weighted by Crippen LogP contribution is 2.27. The molecule has 1 heterocycles. The predicted molar refractivity (Wildman–Crippen MR) is 81.0 cm³/mol. The van der Waals surface area contributed by atoms with Gasteiger partial charge in [0, 0.05) is 32.2 Å². The van der Waals surface area contributed by atoms with E-state index in [0.29, 0.717) is 11.5 Å². The normalized spacial score (nSPS) is 24.2. The summed E-state index contributed by atoms with van der Waals surface area (Å²) < 4.78 is 0. The first kappa shape index (κ1) is 16.0. The molecule has 108 valence electrons. The topological polar surface area (TPSA) is 15.3 Å². The SMILES string of the molecule is CCCCC(CC)CN1CCNCC1C(C)(C)C. The lowest BCUT2D eigenvalue weighted by Crippen LogP contribution is -2.57. The summed E-state index contributed by atoms with van der Waals surface area (Å²) in [6.45, 7) is 16.7. The van der Waals surface area contributed by atoms with Gasteiger partial charge >= 0.3 is 0 Å². The van der Waals surface area contributed by atoms with E-state index in [4.69, 9.17) is 0 Å². The van der Waals surface area contributed by atoms with Gasteiger partial charge in [-0.3, -0.25) is 4.90 Å². The van der Waals surface area contributed by atoms with Crippen LogP contribution in [0.15, 0.2) is 0 Å². The first-order valence-corrected chi connectivity index (χ1v) is 7.93. The van der Waals surface area contributed by atoms with Gasteiger partial charge in [-0.05, 0) is 17.8 Å². The summed E-state index contributed by atoms with van der Waals surface area (Å²) >= 11 is 0. The Labute approximate surface area is 115 Å². The van der Waals surface area contributed by atoms with Crippen LogP contribution in [0.3, 0.4) is 0 Å². The molecule has 0 amide bonds. The van der Waals surface area contributed by atoms with E-state index in [1.54, 1.807) is 0 Å². The summed E-state index contributed by atoms with van der Waals surface area (Å²) in [7, 11) is 0. The van der Waals surface area contributed by atoms with Crippen LogP contribution < -0.4 is 5.32 Å². The van der Waals surface area contributed by atoms with Gasteiger partial charge < -0.3 is 5.32 Å². The van der Waals surface area contributed by atoms with Crippen LogP contribution >= 0.6 is 0 Å². The molecule has 0 aromatic carbocycles. The summed E-state index contributed by atoms with van der Waals surface area (Å²) in [6, 6.07) is 0.696. The van der Waals surface area contributed by atoms with E-state index < -0.39 is 0 Å². The molecular weight excluding hydrogens is 220 g/mol. The molecule has 0 aromatic heterocycles. The van der Waals surface area contributed by atoms with Gasteiger partial charge in [0.05, 0.1) is 0 Å². The molecule has 0 aromatic rings. The number of nitrogens with one attached hydrogen (secondary N) is 1. The Kier molecular flexibility index (Phi) is 6.65. The number of nitrogens with zero attached hydrogens (tertiary/aromatic N) is 1. The Morgan fingerprint density at radius 1 is 1.28 bits per heavy atom. The molecule has 0 saturated carbocycles. The van der Waals surface area contributed by atoms with Gasteiger partial charge in [-0.15, -0.1) is 0 Å². The third-order valence-corrected chi connectivity index (χ3v) is 4.39. The maximum Gasteiger partial charge on any atom is 0.0269 e. The minimum atomic E-state index is 0.385. The van der Waals surface area contributed by atoms with E-state index in [2.05, 4.69) is 44.8 Å². The molecule has 1 N–H and O–H groups in total. The summed E-state index contributed by atoms with van der Waals surface area (Å²) in [5.41, 5.74) is 0.385. The fraction of sp³-hybridized carbons (Fsp3) is 1.00. The monoisotopic (exact) mass is 254 g/mol. The van der Waals surface area contributed by atoms with Gasteiger partial charge in [0.2, 0.25) is 0 Å². The lowest BCUT2D eigenvalue weighted by molar-refractivity contribution is 0.0589. The molecule has 18 heavy (non-hydrogen) atoms. The zero-order valence-corrected chi connectivity index (χ0v) is 13.3. The second kappa shape index (κ2) is 7.49. The van der Waals surface area contributed by atoms with Gasteiger partial charge in [0.15, 0.2) is 0 Å². The Balaban J connectivity index is 2.55. The van der Waals surface area contributed by atoms with Crippen molar-refractivity contribution in [2.24, 2.45) is 11.3 Å². The van der Waals surface area contributed by atoms with Crippen LogP contribution in [0.25, 0.3) is 0 Å². The first-order chi connectivity index (χ1) is 8.49. The van der Waals surface area contributed by atoms with Crippen LogP contribution in [-0.4, -0.2) is 37.1 Å². The minimum absolute atomic E-state index is 0.385. The number of rotatable bonds is 6. The molecule has 1 saturated heterocycles. The van der Waals surface area contributed by atoms with Gasteiger partial charge in [-0.1, -0.05) is 53.9 Å². The van der Waals surface area contributed by atoms with Crippen molar-refractivity contribution >= 4 is 0 Å². The van der Waals surface area contributed by atoms with Crippen LogP contribution in [0.5, 0.6) is 0 Å². The van der Waals surface area contributed by atoms with Crippen molar-refractivity contribution in [2.45, 2.75) is 66.3 Å². The molecule has 2 nitrogen and oxygen atoms in total. The lowest BCUT2D eigenvalue weighted by Gasteiger charge is -2.45. The summed E-state index contributed by atoms with van der Waals surface area (Å²) in [5.74, 6) is 0.896. The van der Waals surface area contributed by atoms with E-state index >= 15 is 0 Å². The fourth-order valence-electron chi connectivity index (χ4n) is 3.07. The summed E-state index contributed by atoms with van der Waals surface area (Å²) in [5, 5.41) is 3.56. The Hall–Kier alpha value is -0.0800. The van der Waals surface area contributed by atoms with E-state index in [9.17, 15) is 0 Å². The Bertz CT molecular complexity index is 220. The number of hydrogen-bond acceptors (Lipinski definition) is 2. The zero-order valence-electron chi connectivity index (χ0n) is 13.3. The number of unbranched alkanes of at least 4 members (excludes halogenated alkanes) is 1. The summed E-state index contributed by atoms with van der Waals surface area (Å²) in [6.07, 6.45) is 5.47. The van der Waals surface area contributed by atoms with Gasteiger partial charge in [-0.25, -0.2) is 0 Å². The average Bonchev–Trinajstić information content (AvgIpc) is 2.33. The van der Waals surface area contributed by atoms with E-state index in [-0.39, 0.29) is 0 Å². The highest BCUT2D eigenvalue weighted by molar-refractivity contribution is 4.89. The van der Waals surface area contributed by atoms with E-state index in [1.807, 2.05) is 0 Å². The highest BCUT2D eigenvalue weighted by atomic mass is 15.2. The second-order valence-electron chi connectivity index (χ2n) is 7.00. The van der Waals surface area contributed by atoms with Crippen molar-refractivity contribution in [3.8, 4) is 0 Å².